The molecule has 0 radical (unpaired) electrons. The SMILES string of the molecule is Cc1cc(N(CCBr)C2CCCC2)c2ccccc2n1. The second-order valence-corrected chi connectivity index (χ2v) is 6.41. The van der Waals surface area contributed by atoms with Gasteiger partial charge in [-0.25, -0.2) is 0 Å². The third kappa shape index (κ3) is 2.69. The Hall–Kier alpha value is -1.09. The van der Waals surface area contributed by atoms with Crippen LogP contribution in [0.3, 0.4) is 0 Å². The Morgan fingerprint density at radius 3 is 2.75 bits per heavy atom. The molecule has 1 saturated carbocycles. The first-order chi connectivity index (χ1) is 9.79. The Balaban J connectivity index is 2.09. The van der Waals surface area contributed by atoms with Gasteiger partial charge >= 0.3 is 0 Å². The van der Waals surface area contributed by atoms with Crippen LogP contribution in [0.25, 0.3) is 10.9 Å². The maximum atomic E-state index is 4.67. The van der Waals surface area contributed by atoms with Gasteiger partial charge in [0.25, 0.3) is 0 Å². The Kier molecular flexibility index (Phi) is 4.25. The van der Waals surface area contributed by atoms with Gasteiger partial charge in [0.05, 0.1) is 5.52 Å². The third-order valence-electron chi connectivity index (χ3n) is 4.22. The molecular formula is C17H21BrN2. The number of aromatic nitrogens is 1. The molecule has 0 atom stereocenters. The largest absolute Gasteiger partial charge is 0.367 e. The Morgan fingerprint density at radius 2 is 2.00 bits per heavy atom. The highest BCUT2D eigenvalue weighted by atomic mass is 79.9. The topological polar surface area (TPSA) is 16.1 Å². The van der Waals surface area contributed by atoms with Crippen LogP contribution in [0.5, 0.6) is 0 Å². The number of hydrogen-bond donors (Lipinski definition) is 0. The summed E-state index contributed by atoms with van der Waals surface area (Å²) in [5.74, 6) is 0. The van der Waals surface area contributed by atoms with Crippen molar-refractivity contribution >= 4 is 32.5 Å². The van der Waals surface area contributed by atoms with Crippen LogP contribution in [0.2, 0.25) is 0 Å². The van der Waals surface area contributed by atoms with Crippen molar-refractivity contribution in [1.29, 1.82) is 0 Å². The third-order valence-corrected chi connectivity index (χ3v) is 4.58. The molecule has 1 aliphatic carbocycles. The monoisotopic (exact) mass is 332 g/mol. The lowest BCUT2D eigenvalue weighted by molar-refractivity contribution is 0.624. The number of anilines is 1. The lowest BCUT2D eigenvalue weighted by Gasteiger charge is -2.32. The van der Waals surface area contributed by atoms with Crippen molar-refractivity contribution in [3.05, 3.63) is 36.0 Å². The van der Waals surface area contributed by atoms with E-state index in [0.717, 1.165) is 23.1 Å². The number of para-hydroxylation sites is 1. The van der Waals surface area contributed by atoms with Crippen molar-refractivity contribution in [3.63, 3.8) is 0 Å². The van der Waals surface area contributed by atoms with Gasteiger partial charge in [-0.15, -0.1) is 0 Å². The molecule has 0 N–H and O–H groups in total. The van der Waals surface area contributed by atoms with Gasteiger partial charge in [0.15, 0.2) is 0 Å². The van der Waals surface area contributed by atoms with Gasteiger partial charge in [-0.2, -0.15) is 0 Å². The van der Waals surface area contributed by atoms with Crippen LogP contribution in [0.15, 0.2) is 30.3 Å². The first-order valence-electron chi connectivity index (χ1n) is 7.48. The fraction of sp³-hybridized carbons (Fsp3) is 0.471. The highest BCUT2D eigenvalue weighted by molar-refractivity contribution is 9.09. The first-order valence-corrected chi connectivity index (χ1v) is 8.61. The molecule has 0 aliphatic heterocycles. The molecule has 0 spiro atoms. The molecule has 0 saturated heterocycles. The molecule has 3 heteroatoms. The molecule has 106 valence electrons. The second kappa shape index (κ2) is 6.13. The highest BCUT2D eigenvalue weighted by Crippen LogP contribution is 2.33. The molecule has 1 aromatic carbocycles. The molecule has 0 unspecified atom stereocenters. The number of pyridine rings is 1. The van der Waals surface area contributed by atoms with E-state index in [-0.39, 0.29) is 0 Å². The van der Waals surface area contributed by atoms with Gasteiger partial charge in [0.1, 0.15) is 0 Å². The van der Waals surface area contributed by atoms with Gasteiger partial charge in [-0.3, -0.25) is 4.98 Å². The standard InChI is InChI=1S/C17H21BrN2/c1-13-12-17(15-8-4-5-9-16(15)19-13)20(11-10-18)14-6-2-3-7-14/h4-5,8-9,12,14H,2-3,6-7,10-11H2,1H3. The van der Waals surface area contributed by atoms with Crippen molar-refractivity contribution in [2.24, 2.45) is 0 Å². The normalized spacial score (nSPS) is 15.9. The van der Waals surface area contributed by atoms with E-state index in [1.807, 2.05) is 0 Å². The number of alkyl halides is 1. The van der Waals surface area contributed by atoms with Crippen LogP contribution in [0.4, 0.5) is 5.69 Å². The van der Waals surface area contributed by atoms with Crippen LogP contribution in [-0.4, -0.2) is 22.9 Å². The summed E-state index contributed by atoms with van der Waals surface area (Å²) in [6, 6.07) is 11.5. The molecule has 1 fully saturated rings. The van der Waals surface area contributed by atoms with Crippen LogP contribution in [0, 0.1) is 6.92 Å². The van der Waals surface area contributed by atoms with Gasteiger partial charge in [-0.1, -0.05) is 47.0 Å². The van der Waals surface area contributed by atoms with Crippen molar-refractivity contribution in [3.8, 4) is 0 Å². The first kappa shape index (κ1) is 13.9. The Labute approximate surface area is 129 Å². The van der Waals surface area contributed by atoms with E-state index in [1.54, 1.807) is 0 Å². The van der Waals surface area contributed by atoms with E-state index in [2.05, 4.69) is 63.1 Å². The summed E-state index contributed by atoms with van der Waals surface area (Å²) in [6.45, 7) is 3.16. The molecular weight excluding hydrogens is 312 g/mol. The van der Waals surface area contributed by atoms with Gasteiger partial charge in [0, 0.05) is 34.7 Å². The van der Waals surface area contributed by atoms with E-state index in [9.17, 15) is 0 Å². The van der Waals surface area contributed by atoms with Crippen molar-refractivity contribution in [2.45, 2.75) is 38.6 Å². The van der Waals surface area contributed by atoms with Crippen molar-refractivity contribution < 1.29 is 0 Å². The molecule has 2 aromatic rings. The predicted molar refractivity (Wildman–Crippen MR) is 89.9 cm³/mol. The zero-order valence-electron chi connectivity index (χ0n) is 12.0. The number of fused-ring (bicyclic) bond motifs is 1. The summed E-state index contributed by atoms with van der Waals surface area (Å²) in [5.41, 5.74) is 3.58. The smallest absolute Gasteiger partial charge is 0.0726 e. The fourth-order valence-corrected chi connectivity index (χ4v) is 3.71. The number of benzene rings is 1. The molecule has 20 heavy (non-hydrogen) atoms. The van der Waals surface area contributed by atoms with E-state index in [4.69, 9.17) is 0 Å². The number of aryl methyl sites for hydroxylation is 1. The quantitative estimate of drug-likeness (QED) is 0.755. The molecule has 2 nitrogen and oxygen atoms in total. The Morgan fingerprint density at radius 1 is 1.25 bits per heavy atom. The fourth-order valence-electron chi connectivity index (χ4n) is 3.33. The number of halogens is 1. The van der Waals surface area contributed by atoms with Crippen LogP contribution >= 0.6 is 15.9 Å². The molecule has 3 rings (SSSR count). The average molecular weight is 333 g/mol. The number of hydrogen-bond acceptors (Lipinski definition) is 2. The summed E-state index contributed by atoms with van der Waals surface area (Å²) >= 11 is 3.62. The molecule has 1 aromatic heterocycles. The van der Waals surface area contributed by atoms with Crippen molar-refractivity contribution in [2.75, 3.05) is 16.8 Å². The number of nitrogens with zero attached hydrogens (tertiary/aromatic N) is 2. The van der Waals surface area contributed by atoms with E-state index >= 15 is 0 Å². The van der Waals surface area contributed by atoms with Gasteiger partial charge < -0.3 is 4.90 Å². The molecule has 0 bridgehead atoms. The van der Waals surface area contributed by atoms with Crippen LogP contribution in [0.1, 0.15) is 31.4 Å². The van der Waals surface area contributed by atoms with Gasteiger partial charge in [0.2, 0.25) is 0 Å². The van der Waals surface area contributed by atoms with E-state index in [0.29, 0.717) is 6.04 Å². The maximum Gasteiger partial charge on any atom is 0.0726 e. The lowest BCUT2D eigenvalue weighted by atomic mass is 10.1. The van der Waals surface area contributed by atoms with E-state index < -0.39 is 0 Å². The lowest BCUT2D eigenvalue weighted by Crippen LogP contribution is -2.35. The summed E-state index contributed by atoms with van der Waals surface area (Å²) in [6.07, 6.45) is 5.38. The highest BCUT2D eigenvalue weighted by Gasteiger charge is 2.24. The predicted octanol–water partition coefficient (Wildman–Crippen LogP) is 4.69. The molecule has 1 aliphatic rings. The average Bonchev–Trinajstić information content (AvgIpc) is 2.98. The molecule has 1 heterocycles. The van der Waals surface area contributed by atoms with Crippen molar-refractivity contribution in [1.82, 2.24) is 4.98 Å². The minimum absolute atomic E-state index is 0.692. The summed E-state index contributed by atoms with van der Waals surface area (Å²) in [5, 5.41) is 2.30. The summed E-state index contributed by atoms with van der Waals surface area (Å²) < 4.78 is 0. The Bertz CT molecular complexity index is 591. The zero-order chi connectivity index (χ0) is 13.9. The van der Waals surface area contributed by atoms with Crippen LogP contribution in [-0.2, 0) is 0 Å². The minimum atomic E-state index is 0.692. The summed E-state index contributed by atoms with van der Waals surface area (Å²) in [7, 11) is 0. The second-order valence-electron chi connectivity index (χ2n) is 5.62. The van der Waals surface area contributed by atoms with Crippen LogP contribution < -0.4 is 4.90 Å². The minimum Gasteiger partial charge on any atom is -0.367 e. The zero-order valence-corrected chi connectivity index (χ0v) is 13.6. The number of rotatable bonds is 4. The maximum absolute atomic E-state index is 4.67. The molecule has 0 amide bonds. The van der Waals surface area contributed by atoms with E-state index in [1.165, 1.54) is 36.8 Å². The summed E-state index contributed by atoms with van der Waals surface area (Å²) in [4.78, 5) is 7.26. The van der Waals surface area contributed by atoms with Gasteiger partial charge in [-0.05, 0) is 31.9 Å².